The quantitative estimate of drug-likeness (QED) is 0.259. The van der Waals surface area contributed by atoms with Crippen molar-refractivity contribution >= 4 is 28.5 Å². The third-order valence-electron chi connectivity index (χ3n) is 10.3. The summed E-state index contributed by atoms with van der Waals surface area (Å²) in [6.07, 6.45) is 9.47. The summed E-state index contributed by atoms with van der Waals surface area (Å²) < 4.78 is 2.52. The molecule has 1 amide bonds. The van der Waals surface area contributed by atoms with Gasteiger partial charge in [0.05, 0.1) is 22.3 Å². The lowest BCUT2D eigenvalue weighted by molar-refractivity contribution is 0.0602. The van der Waals surface area contributed by atoms with Crippen LogP contribution in [-0.4, -0.2) is 66.9 Å². The molecule has 0 aliphatic carbocycles. The first-order valence-corrected chi connectivity index (χ1v) is 15.8. The predicted molar refractivity (Wildman–Crippen MR) is 166 cm³/mol. The Kier molecular flexibility index (Phi) is 7.27. The number of likely N-dealkylation sites (tertiary alicyclic amines) is 1. The molecule has 3 saturated heterocycles. The van der Waals surface area contributed by atoms with E-state index in [1.54, 1.807) is 6.92 Å². The summed E-state index contributed by atoms with van der Waals surface area (Å²) in [6.45, 7) is 6.46. The molecule has 2 aromatic carbocycles. The van der Waals surface area contributed by atoms with Crippen LogP contribution in [0.4, 0.5) is 0 Å². The van der Waals surface area contributed by atoms with Crippen molar-refractivity contribution in [3.63, 3.8) is 0 Å². The van der Waals surface area contributed by atoms with Gasteiger partial charge in [-0.2, -0.15) is 0 Å². The highest BCUT2D eigenvalue weighted by Gasteiger charge is 2.44. The topological polar surface area (TPSA) is 67.2 Å². The molecule has 3 aliphatic rings. The maximum atomic E-state index is 13.4. The molecule has 5 heterocycles. The molecule has 2 aromatic heterocycles. The fraction of sp³-hybridized carbons (Fsp3) is 0.471. The lowest BCUT2D eigenvalue weighted by Crippen LogP contribution is -2.49. The number of amides is 1. The van der Waals surface area contributed by atoms with Crippen LogP contribution in [0.3, 0.4) is 0 Å². The van der Waals surface area contributed by atoms with Gasteiger partial charge in [-0.25, -0.2) is 15.0 Å². The number of hydrogen-bond donors (Lipinski definition) is 0. The van der Waals surface area contributed by atoms with Crippen LogP contribution in [0.1, 0.15) is 78.7 Å². The second kappa shape index (κ2) is 11.1. The maximum Gasteiger partial charge on any atom is 0.274 e. The zero-order valence-electron chi connectivity index (χ0n) is 24.5. The molecule has 7 nitrogen and oxygen atoms in total. The van der Waals surface area contributed by atoms with Crippen molar-refractivity contribution < 1.29 is 4.79 Å². The van der Waals surface area contributed by atoms with Crippen molar-refractivity contribution in [3.8, 4) is 0 Å². The van der Waals surface area contributed by atoms with Crippen molar-refractivity contribution in [1.82, 2.24) is 29.3 Å². The number of halogens is 1. The van der Waals surface area contributed by atoms with E-state index in [4.69, 9.17) is 16.6 Å². The number of imidazole rings is 1. The number of hydrogen-bond acceptors (Lipinski definition) is 5. The Labute approximate surface area is 252 Å². The number of fused-ring (bicyclic) bond motifs is 3. The number of para-hydroxylation sites is 2. The molecule has 0 saturated carbocycles. The lowest BCUT2D eigenvalue weighted by atomic mass is 9.70. The lowest BCUT2D eigenvalue weighted by Gasteiger charge is -2.45. The first-order chi connectivity index (χ1) is 20.4. The number of carbonyl (C=O) groups excluding carboxylic acids is 1. The monoisotopic (exact) mass is 582 g/mol. The van der Waals surface area contributed by atoms with Crippen molar-refractivity contribution in [2.75, 3.05) is 19.6 Å². The molecule has 3 fully saturated rings. The van der Waals surface area contributed by atoms with Gasteiger partial charge in [0, 0.05) is 31.2 Å². The Morgan fingerprint density at radius 2 is 1.62 bits per heavy atom. The van der Waals surface area contributed by atoms with Gasteiger partial charge in [-0.3, -0.25) is 9.69 Å². The highest BCUT2D eigenvalue weighted by Crippen LogP contribution is 2.45. The summed E-state index contributed by atoms with van der Waals surface area (Å²) in [5, 5.41) is 0.322. The molecule has 2 bridgehead atoms. The van der Waals surface area contributed by atoms with Crippen LogP contribution in [0.15, 0.2) is 60.8 Å². The van der Waals surface area contributed by atoms with Crippen molar-refractivity contribution in [3.05, 3.63) is 88.7 Å². The number of aromatic nitrogens is 4. The van der Waals surface area contributed by atoms with Crippen molar-refractivity contribution in [1.29, 1.82) is 0 Å². The number of aryl methyl sites for hydroxylation is 2. The third-order valence-corrected chi connectivity index (χ3v) is 10.6. The third kappa shape index (κ3) is 4.90. The number of rotatable bonds is 6. The van der Waals surface area contributed by atoms with E-state index in [2.05, 4.69) is 81.0 Å². The standard InChI is InChI=1S/C34H39ClN6O/c1-23-36-22-29(35)32(37-23)33(42)39-17-14-34(15-18-39,25-8-4-3-5-9-25)16-19-40-26-12-13-27(40)21-28(20-26)41-24(2)38-30-10-6-7-11-31(30)41/h3-11,22,26-28H,12-21H2,1-2H3/t26-,27+,28+. The summed E-state index contributed by atoms with van der Waals surface area (Å²) in [5.41, 5.74) is 4.15. The van der Waals surface area contributed by atoms with Gasteiger partial charge in [-0.05, 0) is 88.4 Å². The average Bonchev–Trinajstić information content (AvgIpc) is 3.48. The molecule has 42 heavy (non-hydrogen) atoms. The predicted octanol–water partition coefficient (Wildman–Crippen LogP) is 6.53. The largest absolute Gasteiger partial charge is 0.337 e. The van der Waals surface area contributed by atoms with Crippen LogP contribution in [0.5, 0.6) is 0 Å². The van der Waals surface area contributed by atoms with Crippen molar-refractivity contribution in [2.24, 2.45) is 0 Å². The minimum absolute atomic E-state index is 0.0524. The number of nitrogens with zero attached hydrogens (tertiary/aromatic N) is 6. The molecule has 0 N–H and O–H groups in total. The molecule has 7 rings (SSSR count). The van der Waals surface area contributed by atoms with E-state index in [0.29, 0.717) is 47.8 Å². The van der Waals surface area contributed by atoms with Gasteiger partial charge in [0.25, 0.3) is 5.91 Å². The molecule has 3 atom stereocenters. The van der Waals surface area contributed by atoms with Gasteiger partial charge in [0.1, 0.15) is 11.6 Å². The highest BCUT2D eigenvalue weighted by molar-refractivity contribution is 6.33. The van der Waals surface area contributed by atoms with E-state index in [1.807, 2.05) is 4.90 Å². The van der Waals surface area contributed by atoms with E-state index < -0.39 is 0 Å². The first-order valence-electron chi connectivity index (χ1n) is 15.5. The zero-order chi connectivity index (χ0) is 28.8. The summed E-state index contributed by atoms with van der Waals surface area (Å²) in [6, 6.07) is 21.3. The smallest absolute Gasteiger partial charge is 0.274 e. The number of carbonyl (C=O) groups is 1. The number of piperidine rings is 2. The van der Waals surface area contributed by atoms with E-state index in [9.17, 15) is 4.79 Å². The second-order valence-electron chi connectivity index (χ2n) is 12.6. The van der Waals surface area contributed by atoms with Gasteiger partial charge in [-0.15, -0.1) is 0 Å². The average molecular weight is 583 g/mol. The Morgan fingerprint density at radius 3 is 2.36 bits per heavy atom. The summed E-state index contributed by atoms with van der Waals surface area (Å²) >= 11 is 6.33. The van der Waals surface area contributed by atoms with Crippen LogP contribution in [0.2, 0.25) is 5.02 Å². The molecule has 218 valence electrons. The molecule has 8 heteroatoms. The van der Waals surface area contributed by atoms with Crippen LogP contribution in [0.25, 0.3) is 11.0 Å². The second-order valence-corrected chi connectivity index (χ2v) is 13.0. The van der Waals surface area contributed by atoms with Gasteiger partial charge >= 0.3 is 0 Å². The fourth-order valence-corrected chi connectivity index (χ4v) is 8.33. The van der Waals surface area contributed by atoms with Gasteiger partial charge in [0.15, 0.2) is 5.69 Å². The van der Waals surface area contributed by atoms with Crippen LogP contribution in [0, 0.1) is 13.8 Å². The summed E-state index contributed by atoms with van der Waals surface area (Å²) in [4.78, 5) is 31.5. The minimum atomic E-state index is -0.0883. The van der Waals surface area contributed by atoms with E-state index in [1.165, 1.54) is 43.0 Å². The Morgan fingerprint density at radius 1 is 0.929 bits per heavy atom. The molecular formula is C34H39ClN6O. The van der Waals surface area contributed by atoms with Crippen molar-refractivity contribution in [2.45, 2.75) is 82.3 Å². The Balaban J connectivity index is 1.07. The SMILES string of the molecule is Cc1ncc(Cl)c(C(=O)N2CCC(CCN3[C@@H]4CC[C@H]3C[C@@H](n3c(C)nc5ccccc53)C4)(c3ccccc3)CC2)n1. The molecule has 0 spiro atoms. The number of benzene rings is 2. The molecule has 4 aromatic rings. The zero-order valence-corrected chi connectivity index (χ0v) is 25.3. The normalized spacial score (nSPS) is 23.9. The highest BCUT2D eigenvalue weighted by atomic mass is 35.5. The molecule has 3 aliphatic heterocycles. The Bertz CT molecular complexity index is 1580. The first kappa shape index (κ1) is 27.5. The van der Waals surface area contributed by atoms with Crippen LogP contribution >= 0.6 is 11.6 Å². The van der Waals surface area contributed by atoms with Gasteiger partial charge in [0.2, 0.25) is 0 Å². The molecule has 0 unspecified atom stereocenters. The van der Waals surface area contributed by atoms with Gasteiger partial charge in [-0.1, -0.05) is 54.1 Å². The summed E-state index contributed by atoms with van der Waals surface area (Å²) in [5.74, 6) is 1.61. The Hall–Kier alpha value is -3.29. The van der Waals surface area contributed by atoms with Crippen LogP contribution in [-0.2, 0) is 5.41 Å². The minimum Gasteiger partial charge on any atom is -0.337 e. The van der Waals surface area contributed by atoms with Crippen LogP contribution < -0.4 is 0 Å². The van der Waals surface area contributed by atoms with E-state index in [0.717, 1.165) is 37.1 Å². The summed E-state index contributed by atoms with van der Waals surface area (Å²) in [7, 11) is 0. The molecular weight excluding hydrogens is 544 g/mol. The maximum absolute atomic E-state index is 13.4. The van der Waals surface area contributed by atoms with E-state index in [-0.39, 0.29) is 11.3 Å². The fourth-order valence-electron chi connectivity index (χ4n) is 8.16. The van der Waals surface area contributed by atoms with Gasteiger partial charge < -0.3 is 9.47 Å². The molecule has 0 radical (unpaired) electrons. The van der Waals surface area contributed by atoms with E-state index >= 15 is 0 Å².